The Balaban J connectivity index is 1.43. The third-order valence-corrected chi connectivity index (χ3v) is 5.72. The molecular formula is C26H27NO4. The molecule has 3 aromatic carbocycles. The number of carbonyl (C=O) groups is 1. The number of para-hydroxylation sites is 2. The van der Waals surface area contributed by atoms with Gasteiger partial charge in [0.25, 0.3) is 0 Å². The first-order valence-electron chi connectivity index (χ1n) is 10.6. The molecule has 4 rings (SSSR count). The second kappa shape index (κ2) is 9.67. The van der Waals surface area contributed by atoms with E-state index in [1.165, 1.54) is 29.6 Å². The molecule has 5 heteroatoms. The van der Waals surface area contributed by atoms with Gasteiger partial charge < -0.3 is 19.5 Å². The van der Waals surface area contributed by atoms with Crippen LogP contribution in [0.15, 0.2) is 72.8 Å². The number of anilines is 2. The van der Waals surface area contributed by atoms with Gasteiger partial charge in [0.1, 0.15) is 12.4 Å². The van der Waals surface area contributed by atoms with Crippen LogP contribution in [-0.2, 0) is 28.8 Å². The Morgan fingerprint density at radius 2 is 1.52 bits per heavy atom. The van der Waals surface area contributed by atoms with Crippen LogP contribution in [0.1, 0.15) is 16.7 Å². The van der Waals surface area contributed by atoms with Gasteiger partial charge in [-0.15, -0.1) is 0 Å². The van der Waals surface area contributed by atoms with E-state index in [1.807, 2.05) is 24.3 Å². The summed E-state index contributed by atoms with van der Waals surface area (Å²) >= 11 is 0. The molecule has 0 spiro atoms. The summed E-state index contributed by atoms with van der Waals surface area (Å²) in [6.45, 7) is 1.28. The van der Waals surface area contributed by atoms with E-state index in [2.05, 4.69) is 53.4 Å². The molecule has 3 aromatic rings. The van der Waals surface area contributed by atoms with Crippen LogP contribution < -0.4 is 9.64 Å². The van der Waals surface area contributed by atoms with Crippen LogP contribution in [0.25, 0.3) is 0 Å². The van der Waals surface area contributed by atoms with Gasteiger partial charge in [0, 0.05) is 24.9 Å². The van der Waals surface area contributed by atoms with Crippen molar-refractivity contribution in [3.05, 3.63) is 89.5 Å². The minimum atomic E-state index is -0.958. The lowest BCUT2D eigenvalue weighted by atomic mass is 10.0. The molecule has 1 atom stereocenters. The second-order valence-corrected chi connectivity index (χ2v) is 7.67. The molecule has 1 heterocycles. The van der Waals surface area contributed by atoms with Gasteiger partial charge in [0.15, 0.2) is 6.10 Å². The number of rotatable bonds is 8. The average Bonchev–Trinajstić information content (AvgIpc) is 2.95. The van der Waals surface area contributed by atoms with E-state index in [0.29, 0.717) is 13.0 Å². The van der Waals surface area contributed by atoms with E-state index in [0.717, 1.165) is 30.7 Å². The van der Waals surface area contributed by atoms with Crippen molar-refractivity contribution in [3.8, 4) is 5.75 Å². The van der Waals surface area contributed by atoms with E-state index in [1.54, 1.807) is 0 Å². The predicted molar refractivity (Wildman–Crippen MR) is 121 cm³/mol. The fraction of sp³-hybridized carbons (Fsp3) is 0.269. The topological polar surface area (TPSA) is 59.0 Å². The summed E-state index contributed by atoms with van der Waals surface area (Å²) in [5.74, 6) is -0.190. The molecule has 0 fully saturated rings. The highest BCUT2D eigenvalue weighted by Crippen LogP contribution is 2.35. The zero-order valence-electron chi connectivity index (χ0n) is 17.7. The van der Waals surface area contributed by atoms with E-state index < -0.39 is 12.1 Å². The Kier molecular flexibility index (Phi) is 6.53. The number of hydrogen-bond donors (Lipinski definition) is 1. The van der Waals surface area contributed by atoms with Gasteiger partial charge in [-0.05, 0) is 53.8 Å². The Bertz CT molecular complexity index is 984. The number of hydrogen-bond acceptors (Lipinski definition) is 4. The molecule has 1 N–H and O–H groups in total. The minimum absolute atomic E-state index is 0.327. The molecule has 1 aliphatic rings. The van der Waals surface area contributed by atoms with Crippen LogP contribution in [-0.4, -0.2) is 37.4 Å². The smallest absolute Gasteiger partial charge is 0.333 e. The largest absolute Gasteiger partial charge is 0.492 e. The van der Waals surface area contributed by atoms with Gasteiger partial charge in [-0.25, -0.2) is 4.79 Å². The second-order valence-electron chi connectivity index (χ2n) is 7.67. The lowest BCUT2D eigenvalue weighted by molar-refractivity contribution is -0.148. The number of nitrogens with zero attached hydrogens (tertiary/aromatic N) is 1. The molecule has 31 heavy (non-hydrogen) atoms. The van der Waals surface area contributed by atoms with E-state index in [-0.39, 0.29) is 0 Å². The van der Waals surface area contributed by atoms with E-state index in [4.69, 9.17) is 14.6 Å². The van der Waals surface area contributed by atoms with Gasteiger partial charge in [0.05, 0.1) is 6.54 Å². The molecule has 5 nitrogen and oxygen atoms in total. The summed E-state index contributed by atoms with van der Waals surface area (Å²) in [7, 11) is 1.41. The van der Waals surface area contributed by atoms with Gasteiger partial charge in [-0.1, -0.05) is 48.5 Å². The van der Waals surface area contributed by atoms with Crippen molar-refractivity contribution in [2.75, 3.05) is 25.2 Å². The minimum Gasteiger partial charge on any atom is -0.492 e. The number of aryl methyl sites for hydroxylation is 2. The quantitative estimate of drug-likeness (QED) is 0.578. The molecule has 0 amide bonds. The average molecular weight is 418 g/mol. The number of ether oxygens (including phenoxy) is 2. The molecular weight excluding hydrogens is 390 g/mol. The van der Waals surface area contributed by atoms with E-state index >= 15 is 0 Å². The number of benzene rings is 3. The Labute approximate surface area is 182 Å². The highest BCUT2D eigenvalue weighted by molar-refractivity contribution is 5.73. The zero-order chi connectivity index (χ0) is 21.6. The standard InChI is InChI=1S/C26H27NO4/c1-30-25(26(28)29)18-19-10-14-22(15-11-19)31-17-16-27-23-8-4-2-6-20(23)12-13-21-7-3-5-9-24(21)27/h2-11,14-15,25H,12-13,16-18H2,1H3,(H,28,29). The molecule has 160 valence electrons. The van der Waals surface area contributed by atoms with Crippen molar-refractivity contribution in [2.24, 2.45) is 0 Å². The first-order chi connectivity index (χ1) is 15.2. The molecule has 1 aliphatic heterocycles. The van der Waals surface area contributed by atoms with Crippen molar-refractivity contribution in [1.29, 1.82) is 0 Å². The Hall–Kier alpha value is -3.31. The van der Waals surface area contributed by atoms with Gasteiger partial charge in [-0.3, -0.25) is 0 Å². The summed E-state index contributed by atoms with van der Waals surface area (Å²) < 4.78 is 11.0. The van der Waals surface area contributed by atoms with Crippen LogP contribution >= 0.6 is 0 Å². The maximum absolute atomic E-state index is 11.1. The zero-order valence-corrected chi connectivity index (χ0v) is 17.7. The third kappa shape index (κ3) is 4.89. The fourth-order valence-corrected chi connectivity index (χ4v) is 4.07. The van der Waals surface area contributed by atoms with E-state index in [9.17, 15) is 4.79 Å². The Morgan fingerprint density at radius 3 is 2.06 bits per heavy atom. The Morgan fingerprint density at radius 1 is 0.935 bits per heavy atom. The summed E-state index contributed by atoms with van der Waals surface area (Å²) in [5, 5.41) is 9.13. The van der Waals surface area contributed by atoms with Crippen molar-refractivity contribution in [1.82, 2.24) is 0 Å². The predicted octanol–water partition coefficient (Wildman–Crippen LogP) is 4.64. The molecule has 0 bridgehead atoms. The molecule has 0 radical (unpaired) electrons. The maximum atomic E-state index is 11.1. The first-order valence-corrected chi connectivity index (χ1v) is 10.6. The normalized spacial score (nSPS) is 13.6. The van der Waals surface area contributed by atoms with Crippen molar-refractivity contribution in [3.63, 3.8) is 0 Å². The molecule has 0 aromatic heterocycles. The lowest BCUT2D eigenvalue weighted by Gasteiger charge is -2.27. The number of methoxy groups -OCH3 is 1. The van der Waals surface area contributed by atoms with Crippen molar-refractivity contribution >= 4 is 17.3 Å². The highest BCUT2D eigenvalue weighted by atomic mass is 16.5. The lowest BCUT2D eigenvalue weighted by Crippen LogP contribution is -2.25. The van der Waals surface area contributed by atoms with Gasteiger partial charge in [-0.2, -0.15) is 0 Å². The van der Waals surface area contributed by atoms with Crippen LogP contribution in [0.3, 0.4) is 0 Å². The van der Waals surface area contributed by atoms with Crippen molar-refractivity contribution < 1.29 is 19.4 Å². The number of carboxylic acid groups (broad SMARTS) is 1. The fourth-order valence-electron chi connectivity index (χ4n) is 4.07. The van der Waals surface area contributed by atoms with Gasteiger partial charge >= 0.3 is 5.97 Å². The summed E-state index contributed by atoms with van der Waals surface area (Å²) in [5.41, 5.74) is 6.09. The molecule has 0 aliphatic carbocycles. The first kappa shape index (κ1) is 20.9. The number of fused-ring (bicyclic) bond motifs is 2. The third-order valence-electron chi connectivity index (χ3n) is 5.72. The van der Waals surface area contributed by atoms with Crippen LogP contribution in [0, 0.1) is 0 Å². The SMILES string of the molecule is COC(Cc1ccc(OCCN2c3ccccc3CCc3ccccc32)cc1)C(=O)O. The summed E-state index contributed by atoms with van der Waals surface area (Å²) in [6, 6.07) is 24.7. The van der Waals surface area contributed by atoms with Crippen molar-refractivity contribution in [2.45, 2.75) is 25.4 Å². The molecule has 0 saturated heterocycles. The monoisotopic (exact) mass is 417 g/mol. The summed E-state index contributed by atoms with van der Waals surface area (Å²) in [4.78, 5) is 13.5. The number of carboxylic acids is 1. The van der Waals surface area contributed by atoms with Crippen LogP contribution in [0.5, 0.6) is 5.75 Å². The maximum Gasteiger partial charge on any atom is 0.333 e. The van der Waals surface area contributed by atoms with Crippen LogP contribution in [0.4, 0.5) is 11.4 Å². The van der Waals surface area contributed by atoms with Crippen LogP contribution in [0.2, 0.25) is 0 Å². The van der Waals surface area contributed by atoms with Gasteiger partial charge in [0.2, 0.25) is 0 Å². The summed E-state index contributed by atoms with van der Waals surface area (Å²) in [6.07, 6.45) is 1.55. The molecule has 0 saturated carbocycles. The molecule has 1 unspecified atom stereocenters. The number of aliphatic carboxylic acids is 1. The highest BCUT2D eigenvalue weighted by Gasteiger charge is 2.20.